The molecule has 0 amide bonds. The van der Waals surface area contributed by atoms with Crippen LogP contribution in [0.1, 0.15) is 18.9 Å². The van der Waals surface area contributed by atoms with Crippen LogP contribution in [0.4, 0.5) is 0 Å². The third-order valence-electron chi connectivity index (χ3n) is 3.18. The van der Waals surface area contributed by atoms with Crippen molar-refractivity contribution >= 4 is 16.9 Å². The van der Waals surface area contributed by atoms with E-state index in [-0.39, 0.29) is 12.6 Å². The Morgan fingerprint density at radius 3 is 2.83 bits per heavy atom. The van der Waals surface area contributed by atoms with Gasteiger partial charge in [0.1, 0.15) is 6.54 Å². The molecule has 1 unspecified atom stereocenters. The van der Waals surface area contributed by atoms with Crippen LogP contribution in [0.5, 0.6) is 0 Å². The van der Waals surface area contributed by atoms with Crippen molar-refractivity contribution in [2.24, 2.45) is 5.73 Å². The number of nitrogens with zero attached hydrogens (tertiary/aromatic N) is 1. The standard InChI is InChI=1S/C14H18N2O2/c1-2-11(15)7-10-8-16(9-14(17)18)13-6-4-3-5-12(10)13/h3-6,8,11H,2,7,9,15H2,1H3,(H,17,18). The molecule has 4 nitrogen and oxygen atoms in total. The van der Waals surface area contributed by atoms with Gasteiger partial charge in [-0.2, -0.15) is 0 Å². The van der Waals surface area contributed by atoms with Crippen LogP contribution in [0.3, 0.4) is 0 Å². The summed E-state index contributed by atoms with van der Waals surface area (Å²) in [6.45, 7) is 2.04. The summed E-state index contributed by atoms with van der Waals surface area (Å²) < 4.78 is 1.77. The molecule has 2 rings (SSSR count). The van der Waals surface area contributed by atoms with Gasteiger partial charge in [-0.1, -0.05) is 25.1 Å². The Balaban J connectivity index is 2.43. The number of hydrogen-bond acceptors (Lipinski definition) is 2. The number of aromatic nitrogens is 1. The molecule has 0 aliphatic carbocycles. The van der Waals surface area contributed by atoms with Crippen molar-refractivity contribution in [3.8, 4) is 0 Å². The van der Waals surface area contributed by atoms with Gasteiger partial charge in [-0.3, -0.25) is 4.79 Å². The Bertz CT molecular complexity index is 560. The first-order valence-electron chi connectivity index (χ1n) is 6.16. The highest BCUT2D eigenvalue weighted by Gasteiger charge is 2.12. The first-order valence-corrected chi connectivity index (χ1v) is 6.16. The van der Waals surface area contributed by atoms with E-state index in [4.69, 9.17) is 10.8 Å². The molecule has 0 spiro atoms. The SMILES string of the molecule is CCC(N)Cc1cn(CC(=O)O)c2ccccc12. The van der Waals surface area contributed by atoms with Gasteiger partial charge in [0.2, 0.25) is 0 Å². The van der Waals surface area contributed by atoms with Gasteiger partial charge in [-0.05, 0) is 24.5 Å². The number of carboxylic acids is 1. The van der Waals surface area contributed by atoms with Crippen LogP contribution >= 0.6 is 0 Å². The van der Waals surface area contributed by atoms with Gasteiger partial charge in [0.15, 0.2) is 0 Å². The predicted octanol–water partition coefficient (Wildman–Crippen LogP) is 2.01. The molecule has 4 heteroatoms. The minimum absolute atomic E-state index is 0.0120. The van der Waals surface area contributed by atoms with Crippen molar-refractivity contribution < 1.29 is 9.90 Å². The highest BCUT2D eigenvalue weighted by molar-refractivity contribution is 5.85. The van der Waals surface area contributed by atoms with Gasteiger partial charge in [0.05, 0.1) is 0 Å². The maximum absolute atomic E-state index is 10.9. The third kappa shape index (κ3) is 2.54. The van der Waals surface area contributed by atoms with Crippen molar-refractivity contribution in [1.29, 1.82) is 0 Å². The number of para-hydroxylation sites is 1. The molecule has 0 saturated carbocycles. The van der Waals surface area contributed by atoms with Gasteiger partial charge in [0.25, 0.3) is 0 Å². The second-order valence-electron chi connectivity index (χ2n) is 4.57. The summed E-state index contributed by atoms with van der Waals surface area (Å²) in [5, 5.41) is 10.0. The first-order chi connectivity index (χ1) is 8.61. The van der Waals surface area contributed by atoms with Gasteiger partial charge >= 0.3 is 5.97 Å². The molecule has 0 aliphatic rings. The normalized spacial score (nSPS) is 12.8. The maximum Gasteiger partial charge on any atom is 0.323 e. The second kappa shape index (κ2) is 5.23. The summed E-state index contributed by atoms with van der Waals surface area (Å²) >= 11 is 0. The lowest BCUT2D eigenvalue weighted by Gasteiger charge is -2.06. The summed E-state index contributed by atoms with van der Waals surface area (Å²) in [6, 6.07) is 7.97. The molecule has 0 aliphatic heterocycles. The molecule has 0 bridgehead atoms. The monoisotopic (exact) mass is 246 g/mol. The minimum Gasteiger partial charge on any atom is -0.480 e. The number of aliphatic carboxylic acids is 1. The van der Waals surface area contributed by atoms with Crippen LogP contribution in [0.2, 0.25) is 0 Å². The fraction of sp³-hybridized carbons (Fsp3) is 0.357. The Hall–Kier alpha value is -1.81. The predicted molar refractivity (Wildman–Crippen MR) is 71.5 cm³/mol. The molecule has 0 radical (unpaired) electrons. The zero-order chi connectivity index (χ0) is 13.1. The lowest BCUT2D eigenvalue weighted by Crippen LogP contribution is -2.21. The Morgan fingerprint density at radius 1 is 1.44 bits per heavy atom. The fourth-order valence-corrected chi connectivity index (χ4v) is 2.19. The van der Waals surface area contributed by atoms with Crippen LogP contribution < -0.4 is 5.73 Å². The van der Waals surface area contributed by atoms with Gasteiger partial charge in [0, 0.05) is 23.1 Å². The summed E-state index contributed by atoms with van der Waals surface area (Å²) in [5.74, 6) is -0.831. The Labute approximate surface area is 106 Å². The van der Waals surface area contributed by atoms with Crippen molar-refractivity contribution in [3.63, 3.8) is 0 Å². The van der Waals surface area contributed by atoms with E-state index < -0.39 is 5.97 Å². The lowest BCUT2D eigenvalue weighted by molar-refractivity contribution is -0.137. The number of benzene rings is 1. The summed E-state index contributed by atoms with van der Waals surface area (Å²) in [4.78, 5) is 10.9. The van der Waals surface area contributed by atoms with E-state index in [1.165, 1.54) is 0 Å². The summed E-state index contributed by atoms with van der Waals surface area (Å²) in [7, 11) is 0. The average Bonchev–Trinajstić information content (AvgIpc) is 2.67. The smallest absolute Gasteiger partial charge is 0.323 e. The van der Waals surface area contributed by atoms with E-state index in [0.29, 0.717) is 0 Å². The average molecular weight is 246 g/mol. The van der Waals surface area contributed by atoms with Crippen LogP contribution in [0.15, 0.2) is 30.5 Å². The quantitative estimate of drug-likeness (QED) is 0.848. The number of nitrogens with two attached hydrogens (primary N) is 1. The zero-order valence-corrected chi connectivity index (χ0v) is 10.5. The number of hydrogen-bond donors (Lipinski definition) is 2. The van der Waals surface area contributed by atoms with E-state index in [1.54, 1.807) is 4.57 Å². The van der Waals surface area contributed by atoms with Crippen molar-refractivity contribution in [2.45, 2.75) is 32.4 Å². The number of carboxylic acid groups (broad SMARTS) is 1. The van der Waals surface area contributed by atoms with Crippen LogP contribution in [0, 0.1) is 0 Å². The van der Waals surface area contributed by atoms with E-state index in [9.17, 15) is 4.79 Å². The molecule has 0 fully saturated rings. The van der Waals surface area contributed by atoms with Crippen molar-refractivity contribution in [1.82, 2.24) is 4.57 Å². The molecule has 1 aromatic carbocycles. The number of rotatable bonds is 5. The molecule has 1 aromatic heterocycles. The number of carbonyl (C=O) groups is 1. The molecule has 96 valence electrons. The minimum atomic E-state index is -0.831. The topological polar surface area (TPSA) is 68.2 Å². The Morgan fingerprint density at radius 2 is 2.17 bits per heavy atom. The van der Waals surface area contributed by atoms with Crippen LogP contribution in [0.25, 0.3) is 10.9 Å². The molecular formula is C14H18N2O2. The molecule has 2 aromatic rings. The lowest BCUT2D eigenvalue weighted by atomic mass is 10.0. The van der Waals surface area contributed by atoms with Gasteiger partial charge in [-0.25, -0.2) is 0 Å². The zero-order valence-electron chi connectivity index (χ0n) is 10.5. The van der Waals surface area contributed by atoms with E-state index in [2.05, 4.69) is 6.92 Å². The molecule has 18 heavy (non-hydrogen) atoms. The second-order valence-corrected chi connectivity index (χ2v) is 4.57. The van der Waals surface area contributed by atoms with Crippen LogP contribution in [-0.2, 0) is 17.8 Å². The van der Waals surface area contributed by atoms with Crippen LogP contribution in [-0.4, -0.2) is 21.7 Å². The summed E-state index contributed by atoms with van der Waals surface area (Å²) in [6.07, 6.45) is 3.61. The van der Waals surface area contributed by atoms with Crippen molar-refractivity contribution in [3.05, 3.63) is 36.0 Å². The highest BCUT2D eigenvalue weighted by Crippen LogP contribution is 2.22. The molecule has 1 atom stereocenters. The van der Waals surface area contributed by atoms with Gasteiger partial charge < -0.3 is 15.4 Å². The molecular weight excluding hydrogens is 228 g/mol. The summed E-state index contributed by atoms with van der Waals surface area (Å²) in [5.41, 5.74) is 8.06. The third-order valence-corrected chi connectivity index (χ3v) is 3.18. The van der Waals surface area contributed by atoms with E-state index in [0.717, 1.165) is 29.3 Å². The Kier molecular flexibility index (Phi) is 3.67. The highest BCUT2D eigenvalue weighted by atomic mass is 16.4. The van der Waals surface area contributed by atoms with Crippen molar-refractivity contribution in [2.75, 3.05) is 0 Å². The molecule has 1 heterocycles. The maximum atomic E-state index is 10.9. The van der Waals surface area contributed by atoms with E-state index >= 15 is 0 Å². The van der Waals surface area contributed by atoms with E-state index in [1.807, 2.05) is 30.5 Å². The first kappa shape index (κ1) is 12.6. The fourth-order valence-electron chi connectivity index (χ4n) is 2.19. The largest absolute Gasteiger partial charge is 0.480 e. The molecule has 3 N–H and O–H groups in total. The van der Waals surface area contributed by atoms with Gasteiger partial charge in [-0.15, -0.1) is 0 Å². The number of fused-ring (bicyclic) bond motifs is 1. The molecule has 0 saturated heterocycles.